The van der Waals surface area contributed by atoms with Gasteiger partial charge in [-0.1, -0.05) is 47.5 Å². The summed E-state index contributed by atoms with van der Waals surface area (Å²) in [5.74, 6) is 0.0790. The molecule has 0 radical (unpaired) electrons. The second-order valence-electron chi connectivity index (χ2n) is 5.19. The van der Waals surface area contributed by atoms with Crippen LogP contribution in [0.1, 0.15) is 25.3 Å². The van der Waals surface area contributed by atoms with E-state index in [0.29, 0.717) is 19.6 Å². The Labute approximate surface area is 135 Å². The van der Waals surface area contributed by atoms with Crippen molar-refractivity contribution in [3.63, 3.8) is 0 Å². The van der Waals surface area contributed by atoms with Crippen LogP contribution in [0.15, 0.2) is 28.7 Å². The summed E-state index contributed by atoms with van der Waals surface area (Å²) >= 11 is 3.50. The van der Waals surface area contributed by atoms with Crippen molar-refractivity contribution in [2.24, 2.45) is 0 Å². The lowest BCUT2D eigenvalue weighted by atomic mass is 10.2. The molecular formula is C16H25BrN2O2. The zero-order chi connectivity index (χ0) is 15.7. The van der Waals surface area contributed by atoms with Gasteiger partial charge in [-0.15, -0.1) is 0 Å². The first-order chi connectivity index (χ1) is 10.1. The molecule has 0 saturated carbocycles. The fraction of sp³-hybridized carbons (Fsp3) is 0.562. The molecular weight excluding hydrogens is 332 g/mol. The molecule has 118 valence electrons. The van der Waals surface area contributed by atoms with Crippen LogP contribution in [0.2, 0.25) is 0 Å². The Bertz CT molecular complexity index is 440. The smallest absolute Gasteiger partial charge is 0.236 e. The highest BCUT2D eigenvalue weighted by atomic mass is 79.9. The van der Waals surface area contributed by atoms with Gasteiger partial charge >= 0.3 is 0 Å². The topological polar surface area (TPSA) is 43.8 Å². The normalized spacial score (nSPS) is 10.9. The summed E-state index contributed by atoms with van der Waals surface area (Å²) in [5.41, 5.74) is 1.09. The standard InChI is InChI=1S/C16H25BrN2O2/c1-3-4-9-19(10-11-20)13-16(21)18(2)12-14-7-5-6-8-15(14)17/h5-8,20H,3-4,9-13H2,1-2H3. The van der Waals surface area contributed by atoms with Gasteiger partial charge in [-0.3, -0.25) is 9.69 Å². The number of hydrogen-bond acceptors (Lipinski definition) is 3. The molecule has 0 spiro atoms. The molecule has 1 amide bonds. The number of aliphatic hydroxyl groups is 1. The first-order valence-corrected chi connectivity index (χ1v) is 8.18. The molecule has 0 unspecified atom stereocenters. The lowest BCUT2D eigenvalue weighted by molar-refractivity contribution is -0.131. The predicted octanol–water partition coefficient (Wildman–Crippen LogP) is 2.50. The van der Waals surface area contributed by atoms with E-state index in [0.717, 1.165) is 29.4 Å². The Kier molecular flexibility index (Phi) is 8.57. The molecule has 5 heteroatoms. The number of carbonyl (C=O) groups excluding carboxylic acids is 1. The Hall–Kier alpha value is -0.910. The Balaban J connectivity index is 2.54. The average Bonchev–Trinajstić information content (AvgIpc) is 2.47. The average molecular weight is 357 g/mol. The highest BCUT2D eigenvalue weighted by molar-refractivity contribution is 9.10. The van der Waals surface area contributed by atoms with Crippen LogP contribution >= 0.6 is 15.9 Å². The van der Waals surface area contributed by atoms with Crippen molar-refractivity contribution in [3.8, 4) is 0 Å². The van der Waals surface area contributed by atoms with Crippen molar-refractivity contribution in [2.45, 2.75) is 26.3 Å². The van der Waals surface area contributed by atoms with Crippen molar-refractivity contribution in [1.82, 2.24) is 9.80 Å². The zero-order valence-electron chi connectivity index (χ0n) is 12.9. The molecule has 0 aromatic heterocycles. The van der Waals surface area contributed by atoms with Crippen LogP contribution < -0.4 is 0 Å². The van der Waals surface area contributed by atoms with E-state index in [2.05, 4.69) is 22.9 Å². The molecule has 1 aromatic carbocycles. The molecule has 0 saturated heterocycles. The van der Waals surface area contributed by atoms with Crippen molar-refractivity contribution < 1.29 is 9.90 Å². The second kappa shape index (κ2) is 9.92. The van der Waals surface area contributed by atoms with Gasteiger partial charge in [0.05, 0.1) is 13.2 Å². The molecule has 0 heterocycles. The van der Waals surface area contributed by atoms with Crippen LogP contribution in [-0.2, 0) is 11.3 Å². The van der Waals surface area contributed by atoms with Crippen molar-refractivity contribution in [1.29, 1.82) is 0 Å². The molecule has 0 atom stereocenters. The number of carbonyl (C=O) groups is 1. The van der Waals surface area contributed by atoms with E-state index in [1.54, 1.807) is 4.90 Å². The number of hydrogen-bond donors (Lipinski definition) is 1. The minimum atomic E-state index is 0.0790. The van der Waals surface area contributed by atoms with Gasteiger partial charge in [-0.25, -0.2) is 0 Å². The minimum Gasteiger partial charge on any atom is -0.395 e. The predicted molar refractivity (Wildman–Crippen MR) is 89.0 cm³/mol. The summed E-state index contributed by atoms with van der Waals surface area (Å²) in [5, 5.41) is 9.09. The molecule has 0 aliphatic carbocycles. The van der Waals surface area contributed by atoms with E-state index >= 15 is 0 Å². The SMILES string of the molecule is CCCCN(CCO)CC(=O)N(C)Cc1ccccc1Br. The molecule has 0 aliphatic rings. The van der Waals surface area contributed by atoms with Gasteiger partial charge in [0.25, 0.3) is 0 Å². The van der Waals surface area contributed by atoms with Gasteiger partial charge in [0.2, 0.25) is 5.91 Å². The quantitative estimate of drug-likeness (QED) is 0.739. The summed E-state index contributed by atoms with van der Waals surface area (Å²) in [6, 6.07) is 7.92. The Morgan fingerprint density at radius 1 is 1.29 bits per heavy atom. The largest absolute Gasteiger partial charge is 0.395 e. The van der Waals surface area contributed by atoms with Crippen LogP contribution in [0.4, 0.5) is 0 Å². The highest BCUT2D eigenvalue weighted by Crippen LogP contribution is 2.17. The fourth-order valence-corrected chi connectivity index (χ4v) is 2.49. The van der Waals surface area contributed by atoms with E-state index in [1.165, 1.54) is 0 Å². The number of aliphatic hydroxyl groups excluding tert-OH is 1. The molecule has 0 fully saturated rings. The van der Waals surface area contributed by atoms with Crippen molar-refractivity contribution >= 4 is 21.8 Å². The molecule has 0 bridgehead atoms. The zero-order valence-corrected chi connectivity index (χ0v) is 14.5. The third-order valence-corrected chi connectivity index (χ3v) is 4.17. The number of amides is 1. The molecule has 1 aromatic rings. The van der Waals surface area contributed by atoms with Crippen LogP contribution in [0, 0.1) is 0 Å². The molecule has 21 heavy (non-hydrogen) atoms. The summed E-state index contributed by atoms with van der Waals surface area (Å²) in [6.07, 6.45) is 2.13. The highest BCUT2D eigenvalue weighted by Gasteiger charge is 2.15. The van der Waals surface area contributed by atoms with E-state index < -0.39 is 0 Å². The number of benzene rings is 1. The molecule has 0 aliphatic heterocycles. The number of likely N-dealkylation sites (N-methyl/N-ethyl adjacent to an activating group) is 1. The lowest BCUT2D eigenvalue weighted by Gasteiger charge is -2.24. The first-order valence-electron chi connectivity index (χ1n) is 7.39. The van der Waals surface area contributed by atoms with Gasteiger partial charge in [0, 0.05) is 24.6 Å². The number of halogens is 1. The number of unbranched alkanes of at least 4 members (excludes halogenated alkanes) is 1. The lowest BCUT2D eigenvalue weighted by Crippen LogP contribution is -2.39. The summed E-state index contributed by atoms with van der Waals surface area (Å²) < 4.78 is 1.02. The van der Waals surface area contributed by atoms with Crippen molar-refractivity contribution in [3.05, 3.63) is 34.3 Å². The first kappa shape index (κ1) is 18.1. The maximum atomic E-state index is 12.3. The number of nitrogens with zero attached hydrogens (tertiary/aromatic N) is 2. The molecule has 1 N–H and O–H groups in total. The van der Waals surface area contributed by atoms with Gasteiger partial charge in [-0.05, 0) is 24.6 Å². The number of rotatable bonds is 9. The monoisotopic (exact) mass is 356 g/mol. The van der Waals surface area contributed by atoms with Crippen LogP contribution in [0.5, 0.6) is 0 Å². The van der Waals surface area contributed by atoms with E-state index in [-0.39, 0.29) is 12.5 Å². The van der Waals surface area contributed by atoms with Gasteiger partial charge in [0.15, 0.2) is 0 Å². The summed E-state index contributed by atoms with van der Waals surface area (Å²) in [7, 11) is 1.82. The minimum absolute atomic E-state index is 0.0790. The molecule has 4 nitrogen and oxygen atoms in total. The Morgan fingerprint density at radius 2 is 2.00 bits per heavy atom. The summed E-state index contributed by atoms with van der Waals surface area (Å²) in [4.78, 5) is 16.0. The maximum Gasteiger partial charge on any atom is 0.236 e. The maximum absolute atomic E-state index is 12.3. The Morgan fingerprint density at radius 3 is 2.62 bits per heavy atom. The summed E-state index contributed by atoms with van der Waals surface area (Å²) in [6.45, 7) is 4.56. The van der Waals surface area contributed by atoms with Crippen molar-refractivity contribution in [2.75, 3.05) is 33.3 Å². The fourth-order valence-electron chi connectivity index (χ4n) is 2.08. The molecule has 1 rings (SSSR count). The van der Waals surface area contributed by atoms with Gasteiger partial charge in [0.1, 0.15) is 0 Å². The van der Waals surface area contributed by atoms with E-state index in [4.69, 9.17) is 5.11 Å². The third-order valence-electron chi connectivity index (χ3n) is 3.39. The van der Waals surface area contributed by atoms with Gasteiger partial charge in [-0.2, -0.15) is 0 Å². The van der Waals surface area contributed by atoms with Gasteiger partial charge < -0.3 is 10.0 Å². The van der Waals surface area contributed by atoms with Crippen LogP contribution in [-0.4, -0.2) is 54.1 Å². The van der Waals surface area contributed by atoms with E-state index in [1.807, 2.05) is 36.2 Å². The van der Waals surface area contributed by atoms with Crippen LogP contribution in [0.25, 0.3) is 0 Å². The second-order valence-corrected chi connectivity index (χ2v) is 6.05. The third kappa shape index (κ3) is 6.59. The van der Waals surface area contributed by atoms with E-state index in [9.17, 15) is 4.79 Å². The van der Waals surface area contributed by atoms with Crippen LogP contribution in [0.3, 0.4) is 0 Å².